The van der Waals surface area contributed by atoms with Gasteiger partial charge in [-0.3, -0.25) is 0 Å². The van der Waals surface area contributed by atoms with Crippen molar-refractivity contribution in [2.45, 2.75) is 38.6 Å². The molecular formula is C10H15N3S. The zero-order valence-corrected chi connectivity index (χ0v) is 9.40. The van der Waals surface area contributed by atoms with E-state index in [2.05, 4.69) is 24.9 Å². The van der Waals surface area contributed by atoms with Gasteiger partial charge in [0.15, 0.2) is 0 Å². The van der Waals surface area contributed by atoms with Crippen LogP contribution in [0.5, 0.6) is 0 Å². The first-order chi connectivity index (χ1) is 6.66. The van der Waals surface area contributed by atoms with Crippen LogP contribution in [-0.4, -0.2) is 4.98 Å². The van der Waals surface area contributed by atoms with Crippen LogP contribution in [0.3, 0.4) is 0 Å². The average Bonchev–Trinajstić information content (AvgIpc) is 2.66. The van der Waals surface area contributed by atoms with E-state index in [9.17, 15) is 0 Å². The third-order valence-corrected chi connectivity index (χ3v) is 3.40. The van der Waals surface area contributed by atoms with Crippen LogP contribution in [0.25, 0.3) is 0 Å². The molecule has 0 aromatic carbocycles. The van der Waals surface area contributed by atoms with Crippen molar-refractivity contribution in [2.24, 2.45) is 5.73 Å². The molecule has 0 aliphatic heterocycles. The second kappa shape index (κ2) is 4.54. The van der Waals surface area contributed by atoms with Crippen molar-refractivity contribution in [1.82, 2.24) is 4.98 Å². The summed E-state index contributed by atoms with van der Waals surface area (Å²) >= 11 is 1.52. The van der Waals surface area contributed by atoms with Gasteiger partial charge in [-0.1, -0.05) is 13.8 Å². The maximum absolute atomic E-state index is 8.53. The molecule has 0 unspecified atom stereocenters. The molecule has 0 aliphatic carbocycles. The minimum absolute atomic E-state index is 0.315. The molecule has 0 bridgehead atoms. The molecule has 4 heteroatoms. The Morgan fingerprint density at radius 3 is 2.71 bits per heavy atom. The fraction of sp³-hybridized carbons (Fsp3) is 0.600. The third-order valence-electron chi connectivity index (χ3n) is 2.55. The number of nitrogens with two attached hydrogens (primary N) is 1. The Balaban J connectivity index is 2.90. The molecule has 0 fully saturated rings. The molecular weight excluding hydrogens is 194 g/mol. The Morgan fingerprint density at radius 2 is 2.21 bits per heavy atom. The van der Waals surface area contributed by atoms with Crippen LogP contribution >= 0.6 is 11.3 Å². The van der Waals surface area contributed by atoms with Crippen molar-refractivity contribution in [3.05, 3.63) is 16.1 Å². The molecule has 3 nitrogen and oxygen atoms in total. The summed E-state index contributed by atoms with van der Waals surface area (Å²) in [5.74, 6) is 0. The van der Waals surface area contributed by atoms with Crippen LogP contribution in [0.4, 0.5) is 0 Å². The first kappa shape index (κ1) is 11.2. The standard InChI is InChI=1S/C10H15N3S/c1-3-10(12,4-2)8-7-14-9(13-8)5-6-11/h7H,3-5,12H2,1-2H3. The van der Waals surface area contributed by atoms with Crippen molar-refractivity contribution in [2.75, 3.05) is 0 Å². The van der Waals surface area contributed by atoms with Gasteiger partial charge in [-0.2, -0.15) is 5.26 Å². The summed E-state index contributed by atoms with van der Waals surface area (Å²) in [7, 11) is 0. The largest absolute Gasteiger partial charge is 0.320 e. The van der Waals surface area contributed by atoms with Gasteiger partial charge in [0.2, 0.25) is 0 Å². The van der Waals surface area contributed by atoms with Gasteiger partial charge in [0.1, 0.15) is 5.01 Å². The van der Waals surface area contributed by atoms with Gasteiger partial charge in [-0.25, -0.2) is 4.98 Å². The Bertz CT molecular complexity index is 333. The number of nitriles is 1. The molecule has 0 spiro atoms. The molecule has 0 amide bonds. The summed E-state index contributed by atoms with van der Waals surface area (Å²) in [5, 5.41) is 11.4. The number of nitrogens with zero attached hydrogens (tertiary/aromatic N) is 2. The molecule has 1 aromatic heterocycles. The van der Waals surface area contributed by atoms with Gasteiger partial charge >= 0.3 is 0 Å². The van der Waals surface area contributed by atoms with Crippen molar-refractivity contribution < 1.29 is 0 Å². The number of hydrogen-bond donors (Lipinski definition) is 1. The van der Waals surface area contributed by atoms with Crippen LogP contribution in [0.2, 0.25) is 0 Å². The lowest BCUT2D eigenvalue weighted by atomic mass is 9.91. The lowest BCUT2D eigenvalue weighted by molar-refractivity contribution is 0.402. The fourth-order valence-electron chi connectivity index (χ4n) is 1.30. The predicted molar refractivity (Wildman–Crippen MR) is 57.9 cm³/mol. The summed E-state index contributed by atoms with van der Waals surface area (Å²) in [5.41, 5.74) is 6.80. The molecule has 0 aliphatic rings. The molecule has 76 valence electrons. The highest BCUT2D eigenvalue weighted by Crippen LogP contribution is 2.26. The monoisotopic (exact) mass is 209 g/mol. The molecule has 1 rings (SSSR count). The Kier molecular flexibility index (Phi) is 3.62. The molecule has 2 N–H and O–H groups in total. The topological polar surface area (TPSA) is 62.7 Å². The highest BCUT2D eigenvalue weighted by Gasteiger charge is 2.25. The van der Waals surface area contributed by atoms with E-state index in [0.717, 1.165) is 23.5 Å². The Hall–Kier alpha value is -0.920. The maximum atomic E-state index is 8.53. The summed E-state index contributed by atoms with van der Waals surface area (Å²) in [6.07, 6.45) is 2.13. The maximum Gasteiger partial charge on any atom is 0.107 e. The van der Waals surface area contributed by atoms with E-state index in [-0.39, 0.29) is 5.54 Å². The molecule has 0 radical (unpaired) electrons. The van der Waals surface area contributed by atoms with Crippen LogP contribution in [0.15, 0.2) is 5.38 Å². The van der Waals surface area contributed by atoms with Gasteiger partial charge in [0, 0.05) is 5.38 Å². The van der Waals surface area contributed by atoms with Gasteiger partial charge in [-0.15, -0.1) is 11.3 Å². The lowest BCUT2D eigenvalue weighted by Crippen LogP contribution is -2.35. The average molecular weight is 209 g/mol. The summed E-state index contributed by atoms with van der Waals surface area (Å²) in [6, 6.07) is 2.09. The van der Waals surface area contributed by atoms with E-state index >= 15 is 0 Å². The predicted octanol–water partition coefficient (Wildman–Crippen LogP) is 2.18. The van der Waals surface area contributed by atoms with Crippen molar-refractivity contribution in [1.29, 1.82) is 5.26 Å². The quantitative estimate of drug-likeness (QED) is 0.826. The van der Waals surface area contributed by atoms with Crippen molar-refractivity contribution >= 4 is 11.3 Å². The number of aromatic nitrogens is 1. The molecule has 14 heavy (non-hydrogen) atoms. The molecule has 0 saturated heterocycles. The van der Waals surface area contributed by atoms with Crippen LogP contribution in [0, 0.1) is 11.3 Å². The summed E-state index contributed by atoms with van der Waals surface area (Å²) < 4.78 is 0. The van der Waals surface area contributed by atoms with E-state index < -0.39 is 0 Å². The second-order valence-corrected chi connectivity index (χ2v) is 4.27. The van der Waals surface area contributed by atoms with E-state index in [1.807, 2.05) is 5.38 Å². The number of hydrogen-bond acceptors (Lipinski definition) is 4. The Morgan fingerprint density at radius 1 is 1.57 bits per heavy atom. The van der Waals surface area contributed by atoms with Crippen molar-refractivity contribution in [3.63, 3.8) is 0 Å². The first-order valence-electron chi connectivity index (χ1n) is 4.77. The molecule has 1 aromatic rings. The molecule has 1 heterocycles. The van der Waals surface area contributed by atoms with Gasteiger partial charge in [-0.05, 0) is 12.8 Å². The van der Waals surface area contributed by atoms with Crippen molar-refractivity contribution in [3.8, 4) is 6.07 Å². The van der Waals surface area contributed by atoms with E-state index in [1.165, 1.54) is 11.3 Å². The Labute approximate surface area is 88.6 Å². The van der Waals surface area contributed by atoms with Crippen LogP contribution in [0.1, 0.15) is 37.4 Å². The summed E-state index contributed by atoms with van der Waals surface area (Å²) in [6.45, 7) is 4.12. The summed E-state index contributed by atoms with van der Waals surface area (Å²) in [4.78, 5) is 4.38. The minimum atomic E-state index is -0.315. The van der Waals surface area contributed by atoms with Crippen LogP contribution < -0.4 is 5.73 Å². The smallest absolute Gasteiger partial charge is 0.107 e. The molecule has 0 atom stereocenters. The first-order valence-corrected chi connectivity index (χ1v) is 5.65. The second-order valence-electron chi connectivity index (χ2n) is 3.32. The number of rotatable bonds is 4. The zero-order valence-electron chi connectivity index (χ0n) is 8.58. The number of thiazole rings is 1. The van der Waals surface area contributed by atoms with E-state index in [1.54, 1.807) is 0 Å². The van der Waals surface area contributed by atoms with Gasteiger partial charge in [0.25, 0.3) is 0 Å². The normalized spacial score (nSPS) is 11.3. The van der Waals surface area contributed by atoms with Crippen LogP contribution in [-0.2, 0) is 12.0 Å². The van der Waals surface area contributed by atoms with E-state index in [0.29, 0.717) is 6.42 Å². The minimum Gasteiger partial charge on any atom is -0.320 e. The highest BCUT2D eigenvalue weighted by atomic mass is 32.1. The van der Waals surface area contributed by atoms with E-state index in [4.69, 9.17) is 11.0 Å². The molecule has 0 saturated carbocycles. The van der Waals surface area contributed by atoms with Gasteiger partial charge < -0.3 is 5.73 Å². The zero-order chi connectivity index (χ0) is 10.6. The fourth-order valence-corrected chi connectivity index (χ4v) is 2.13. The SMILES string of the molecule is CCC(N)(CC)c1csc(CC#N)n1. The highest BCUT2D eigenvalue weighted by molar-refractivity contribution is 7.09. The third kappa shape index (κ3) is 2.11. The lowest BCUT2D eigenvalue weighted by Gasteiger charge is -2.24. The van der Waals surface area contributed by atoms with Gasteiger partial charge in [0.05, 0.1) is 23.7 Å².